The maximum Gasteiger partial charge on any atom is 0.226 e. The maximum atomic E-state index is 11.9. The van der Waals surface area contributed by atoms with E-state index in [4.69, 9.17) is 9.26 Å². The third-order valence-corrected chi connectivity index (χ3v) is 4.12. The smallest absolute Gasteiger partial charge is 0.226 e. The monoisotopic (exact) mass is 323 g/mol. The Morgan fingerprint density at radius 3 is 3.05 bits per heavy atom. The second-order valence-electron chi connectivity index (χ2n) is 5.00. The van der Waals surface area contributed by atoms with E-state index in [0.717, 1.165) is 17.8 Å². The van der Waals surface area contributed by atoms with Gasteiger partial charge in [0.2, 0.25) is 17.6 Å². The molecular formula is C15H21N3O3S. The minimum absolute atomic E-state index is 0.133. The average molecular weight is 323 g/mol. The highest BCUT2D eigenvalue weighted by molar-refractivity contribution is 7.13. The van der Waals surface area contributed by atoms with Crippen LogP contribution in [0.3, 0.4) is 0 Å². The number of hydrogen-bond acceptors (Lipinski definition) is 6. The first kappa shape index (κ1) is 16.6. The molecule has 0 spiro atoms. The minimum Gasteiger partial charge on any atom is -0.385 e. The summed E-state index contributed by atoms with van der Waals surface area (Å²) in [5.74, 6) is 1.33. The largest absolute Gasteiger partial charge is 0.385 e. The number of carbonyl (C=O) groups excluding carboxylic acids is 1. The summed E-state index contributed by atoms with van der Waals surface area (Å²) in [6.45, 7) is 1.39. The Kier molecular flexibility index (Phi) is 6.54. The molecule has 0 saturated carbocycles. The summed E-state index contributed by atoms with van der Waals surface area (Å²) in [5.41, 5.74) is 0. The van der Waals surface area contributed by atoms with Crippen molar-refractivity contribution in [1.82, 2.24) is 15.0 Å². The lowest BCUT2D eigenvalue weighted by atomic mass is 10.2. The molecule has 0 saturated heterocycles. The normalized spacial score (nSPS) is 10.8. The zero-order valence-electron chi connectivity index (χ0n) is 12.9. The third kappa shape index (κ3) is 4.92. The lowest BCUT2D eigenvalue weighted by Crippen LogP contribution is -2.28. The van der Waals surface area contributed by atoms with E-state index in [-0.39, 0.29) is 5.91 Å². The predicted octanol–water partition coefficient (Wildman–Crippen LogP) is 2.62. The van der Waals surface area contributed by atoms with Gasteiger partial charge in [0.15, 0.2) is 0 Å². The number of carbonyl (C=O) groups is 1. The maximum absolute atomic E-state index is 11.9. The van der Waals surface area contributed by atoms with Crippen molar-refractivity contribution in [3.8, 4) is 10.7 Å². The zero-order chi connectivity index (χ0) is 15.8. The van der Waals surface area contributed by atoms with Crippen molar-refractivity contribution < 1.29 is 14.1 Å². The number of nitrogens with zero attached hydrogens (tertiary/aromatic N) is 3. The molecule has 2 aromatic heterocycles. The summed E-state index contributed by atoms with van der Waals surface area (Å²) in [4.78, 5) is 19.0. The quantitative estimate of drug-likeness (QED) is 0.664. The van der Waals surface area contributed by atoms with Crippen molar-refractivity contribution in [1.29, 1.82) is 0 Å². The first-order valence-corrected chi connectivity index (χ1v) is 8.18. The van der Waals surface area contributed by atoms with Crippen molar-refractivity contribution in [3.05, 3.63) is 23.4 Å². The van der Waals surface area contributed by atoms with Gasteiger partial charge in [-0.25, -0.2) is 0 Å². The Balaban J connectivity index is 1.71. The SMILES string of the molecule is COCCCN(C)C(=O)CCCc1nc(-c2cccs2)no1. The molecule has 0 bridgehead atoms. The summed E-state index contributed by atoms with van der Waals surface area (Å²) >= 11 is 1.58. The molecule has 0 unspecified atom stereocenters. The molecule has 0 aliphatic carbocycles. The van der Waals surface area contributed by atoms with E-state index >= 15 is 0 Å². The molecule has 1 amide bonds. The van der Waals surface area contributed by atoms with E-state index in [1.807, 2.05) is 24.6 Å². The number of aromatic nitrogens is 2. The van der Waals surface area contributed by atoms with Crippen molar-refractivity contribution in [2.45, 2.75) is 25.7 Å². The van der Waals surface area contributed by atoms with Crippen LogP contribution in [0.1, 0.15) is 25.2 Å². The molecule has 0 aromatic carbocycles. The molecule has 6 nitrogen and oxygen atoms in total. The minimum atomic E-state index is 0.133. The fraction of sp³-hybridized carbons (Fsp3) is 0.533. The lowest BCUT2D eigenvalue weighted by Gasteiger charge is -2.16. The molecule has 0 atom stereocenters. The molecule has 2 heterocycles. The summed E-state index contributed by atoms with van der Waals surface area (Å²) in [6.07, 6.45) is 2.67. The van der Waals surface area contributed by atoms with E-state index in [1.54, 1.807) is 23.3 Å². The van der Waals surface area contributed by atoms with Crippen LogP contribution >= 0.6 is 11.3 Å². The molecule has 0 fully saturated rings. The third-order valence-electron chi connectivity index (χ3n) is 3.26. The second-order valence-corrected chi connectivity index (χ2v) is 5.95. The second kappa shape index (κ2) is 8.65. The first-order valence-electron chi connectivity index (χ1n) is 7.30. The van der Waals surface area contributed by atoms with Crippen molar-refractivity contribution >= 4 is 17.2 Å². The van der Waals surface area contributed by atoms with Gasteiger partial charge in [0, 0.05) is 40.2 Å². The number of rotatable bonds is 9. The van der Waals surface area contributed by atoms with Gasteiger partial charge in [0.25, 0.3) is 0 Å². The van der Waals surface area contributed by atoms with Crippen LogP contribution in [0, 0.1) is 0 Å². The lowest BCUT2D eigenvalue weighted by molar-refractivity contribution is -0.130. The van der Waals surface area contributed by atoms with Gasteiger partial charge in [-0.3, -0.25) is 4.79 Å². The summed E-state index contributed by atoms with van der Waals surface area (Å²) in [6, 6.07) is 3.91. The number of thiophene rings is 1. The Morgan fingerprint density at radius 1 is 1.45 bits per heavy atom. The standard InChI is InChI=1S/C15H21N3O3S/c1-18(9-5-10-20-2)14(19)8-3-7-13-16-15(17-21-13)12-6-4-11-22-12/h4,6,11H,3,5,7-10H2,1-2H3. The average Bonchev–Trinajstić information content (AvgIpc) is 3.18. The Morgan fingerprint density at radius 2 is 2.32 bits per heavy atom. The molecule has 22 heavy (non-hydrogen) atoms. The van der Waals surface area contributed by atoms with Crippen LogP contribution < -0.4 is 0 Å². The van der Waals surface area contributed by atoms with Gasteiger partial charge in [-0.15, -0.1) is 11.3 Å². The number of hydrogen-bond donors (Lipinski definition) is 0. The Hall–Kier alpha value is -1.73. The Bertz CT molecular complexity index is 568. The number of ether oxygens (including phenoxy) is 1. The van der Waals surface area contributed by atoms with Crippen molar-refractivity contribution in [3.63, 3.8) is 0 Å². The van der Waals surface area contributed by atoms with Crippen molar-refractivity contribution in [2.24, 2.45) is 0 Å². The summed E-state index contributed by atoms with van der Waals surface area (Å²) in [5, 5.41) is 5.93. The highest BCUT2D eigenvalue weighted by atomic mass is 32.1. The molecule has 0 aliphatic rings. The molecule has 2 rings (SSSR count). The van der Waals surface area contributed by atoms with Crippen LogP contribution in [0.2, 0.25) is 0 Å². The van der Waals surface area contributed by atoms with Crippen molar-refractivity contribution in [2.75, 3.05) is 27.3 Å². The zero-order valence-corrected chi connectivity index (χ0v) is 13.8. The number of aryl methyl sites for hydroxylation is 1. The van der Waals surface area contributed by atoms with Crippen LogP contribution in [0.5, 0.6) is 0 Å². The molecule has 0 aliphatic heterocycles. The topological polar surface area (TPSA) is 68.5 Å². The number of amides is 1. The molecule has 2 aromatic rings. The van der Waals surface area contributed by atoms with E-state index in [9.17, 15) is 4.79 Å². The molecule has 7 heteroatoms. The van der Waals surface area contributed by atoms with E-state index in [1.165, 1.54) is 0 Å². The van der Waals surface area contributed by atoms with Crippen LogP contribution in [0.25, 0.3) is 10.7 Å². The molecular weight excluding hydrogens is 302 g/mol. The van der Waals surface area contributed by atoms with Gasteiger partial charge in [-0.1, -0.05) is 11.2 Å². The van der Waals surface area contributed by atoms with E-state index in [0.29, 0.717) is 37.6 Å². The fourth-order valence-electron chi connectivity index (χ4n) is 2.01. The summed E-state index contributed by atoms with van der Waals surface area (Å²) in [7, 11) is 3.48. The van der Waals surface area contributed by atoms with E-state index in [2.05, 4.69) is 10.1 Å². The molecule has 0 radical (unpaired) electrons. The fourth-order valence-corrected chi connectivity index (χ4v) is 2.66. The van der Waals surface area contributed by atoms with Crippen LogP contribution in [-0.4, -0.2) is 48.3 Å². The van der Waals surface area contributed by atoms with Crippen LogP contribution in [0.15, 0.2) is 22.0 Å². The van der Waals surface area contributed by atoms with E-state index < -0.39 is 0 Å². The number of methoxy groups -OCH3 is 1. The van der Waals surface area contributed by atoms with Gasteiger partial charge in [-0.05, 0) is 24.3 Å². The molecule has 0 N–H and O–H groups in total. The first-order chi connectivity index (χ1) is 10.7. The van der Waals surface area contributed by atoms with Gasteiger partial charge < -0.3 is 14.2 Å². The predicted molar refractivity (Wildman–Crippen MR) is 84.7 cm³/mol. The summed E-state index contributed by atoms with van der Waals surface area (Å²) < 4.78 is 10.2. The van der Waals surface area contributed by atoms with Gasteiger partial charge in [-0.2, -0.15) is 4.98 Å². The highest BCUT2D eigenvalue weighted by Gasteiger charge is 2.12. The van der Waals surface area contributed by atoms with Crippen LogP contribution in [-0.2, 0) is 16.0 Å². The molecule has 120 valence electrons. The highest BCUT2D eigenvalue weighted by Crippen LogP contribution is 2.21. The van der Waals surface area contributed by atoms with Gasteiger partial charge in [0.1, 0.15) is 0 Å². The van der Waals surface area contributed by atoms with Gasteiger partial charge in [0.05, 0.1) is 4.88 Å². The van der Waals surface area contributed by atoms with Crippen LogP contribution in [0.4, 0.5) is 0 Å². The Labute approximate surface area is 134 Å². The van der Waals surface area contributed by atoms with Gasteiger partial charge >= 0.3 is 0 Å².